The fourth-order valence-electron chi connectivity index (χ4n) is 15.1. The maximum atomic E-state index is 14.5. The Kier molecular flexibility index (Phi) is 14.1. The summed E-state index contributed by atoms with van der Waals surface area (Å²) in [4.78, 5) is 55.0. The van der Waals surface area contributed by atoms with Crippen LogP contribution in [0.3, 0.4) is 0 Å². The SMILES string of the molecule is CC(=O)O[C@H]1CC[C@@]2(C)[C@@H](CC[C@@H]3[C@@H]2C[C@@H](OC(=O)c2ccccc2)[C@]2(C)[C@@]4([C@H](C)C5(CC[C@@](C)(CO[Si](c6ccccc6)(c6ccccc6)C(C)(C)C)OC(=O)c6ccccc6)OCCCO5)C=C[C@@]32OO4)C1. The normalized spacial score (nSPS) is 32.2. The minimum atomic E-state index is -3.11. The van der Waals surface area contributed by atoms with E-state index in [1.165, 1.54) is 6.92 Å². The highest BCUT2D eigenvalue weighted by Crippen LogP contribution is 2.75. The maximum Gasteiger partial charge on any atom is 0.338 e. The molecule has 11 atom stereocenters. The molecule has 0 aromatic heterocycles. The van der Waals surface area contributed by atoms with E-state index in [9.17, 15) is 14.4 Å². The lowest BCUT2D eigenvalue weighted by molar-refractivity contribution is -0.386. The smallest absolute Gasteiger partial charge is 0.338 e. The molecular weight excluding hydrogens is 949 g/mol. The van der Waals surface area contributed by atoms with Gasteiger partial charge in [-0.3, -0.25) is 4.79 Å². The highest BCUT2D eigenvalue weighted by Gasteiger charge is 2.83. The van der Waals surface area contributed by atoms with Gasteiger partial charge in [-0.1, -0.05) is 132 Å². The molecule has 0 radical (unpaired) electrons. The third kappa shape index (κ3) is 8.63. The van der Waals surface area contributed by atoms with Crippen molar-refractivity contribution in [2.24, 2.45) is 34.5 Å². The van der Waals surface area contributed by atoms with Gasteiger partial charge < -0.3 is 28.1 Å². The standard InChI is InChI=1S/C62H76O11Si/c1-43(60-35-36-61(73-72-60)51-31-30-47-40-48(69-44(2)63)32-33-58(47,7)52(51)41-53(59(60,61)8)70-54(64)45-22-13-9-14-23-45)62(66-38-21-39-67-62)37-34-57(6,71-55(65)46-24-15-10-16-25-46)42-68-74(56(3,4)5,49-26-17-11-18-27-49)50-28-19-12-20-29-50/h9-20,22-29,35-36,43,47-48,51-53H,21,30-34,37-42H2,1-8H3/t43-,47-,48-,51+,52-,53+,57-,58-,59+,60-,61+/m0/s1. The monoisotopic (exact) mass is 1020 g/mol. The summed E-state index contributed by atoms with van der Waals surface area (Å²) >= 11 is 0. The molecule has 4 aromatic carbocycles. The summed E-state index contributed by atoms with van der Waals surface area (Å²) in [5.74, 6) is -2.40. The number of benzene rings is 4. The molecule has 2 aliphatic heterocycles. The van der Waals surface area contributed by atoms with Crippen LogP contribution in [0.25, 0.3) is 0 Å². The molecule has 4 aliphatic carbocycles. The summed E-state index contributed by atoms with van der Waals surface area (Å²) in [6.07, 6.45) is 9.87. The quantitative estimate of drug-likeness (QED) is 0.0371. The van der Waals surface area contributed by atoms with E-state index in [1.54, 1.807) is 24.3 Å². The van der Waals surface area contributed by atoms with Crippen LogP contribution in [0.5, 0.6) is 0 Å². The summed E-state index contributed by atoms with van der Waals surface area (Å²) < 4.78 is 41.2. The molecule has 11 nitrogen and oxygen atoms in total. The highest BCUT2D eigenvalue weighted by atomic mass is 28.4. The van der Waals surface area contributed by atoms with E-state index in [0.29, 0.717) is 55.9 Å². The largest absolute Gasteiger partial charge is 0.463 e. The first-order chi connectivity index (χ1) is 35.4. The first-order valence-corrected chi connectivity index (χ1v) is 29.1. The Morgan fingerprint density at radius 3 is 1.84 bits per heavy atom. The van der Waals surface area contributed by atoms with E-state index >= 15 is 0 Å². The Hall–Kier alpha value is -4.95. The number of carbonyl (C=O) groups excluding carboxylic acids is 3. The Morgan fingerprint density at radius 2 is 1.28 bits per heavy atom. The van der Waals surface area contributed by atoms with Crippen molar-refractivity contribution in [3.63, 3.8) is 0 Å². The third-order valence-electron chi connectivity index (χ3n) is 19.1. The molecule has 3 saturated carbocycles. The van der Waals surface area contributed by atoms with Gasteiger partial charge in [-0.25, -0.2) is 19.4 Å². The average Bonchev–Trinajstić information content (AvgIpc) is 3.93. The van der Waals surface area contributed by atoms with Crippen LogP contribution in [0.15, 0.2) is 133 Å². The van der Waals surface area contributed by atoms with Gasteiger partial charge in [-0.2, -0.15) is 0 Å². The predicted octanol–water partition coefficient (Wildman–Crippen LogP) is 11.1. The molecule has 0 unspecified atom stereocenters. The van der Waals surface area contributed by atoms with Crippen LogP contribution in [0.1, 0.15) is 134 Å². The molecule has 12 heteroatoms. The molecule has 74 heavy (non-hydrogen) atoms. The zero-order chi connectivity index (χ0) is 52.2. The van der Waals surface area contributed by atoms with Gasteiger partial charge in [-0.15, -0.1) is 0 Å². The molecule has 2 bridgehead atoms. The Morgan fingerprint density at radius 1 is 0.703 bits per heavy atom. The first kappa shape index (κ1) is 52.5. The molecule has 0 N–H and O–H groups in total. The van der Waals surface area contributed by atoms with E-state index in [-0.39, 0.29) is 41.0 Å². The zero-order valence-electron chi connectivity index (χ0n) is 44.6. The number of rotatable bonds is 15. The molecule has 4 aromatic rings. The van der Waals surface area contributed by atoms with E-state index in [2.05, 4.69) is 102 Å². The summed E-state index contributed by atoms with van der Waals surface area (Å²) in [6.45, 7) is 17.9. The van der Waals surface area contributed by atoms with Gasteiger partial charge in [0.05, 0.1) is 36.4 Å². The number of ether oxygens (including phenoxy) is 5. The van der Waals surface area contributed by atoms with Gasteiger partial charge in [-0.05, 0) is 140 Å². The summed E-state index contributed by atoms with van der Waals surface area (Å²) in [5.41, 5.74) is -3.47. The topological polar surface area (TPSA) is 125 Å². The number of esters is 3. The molecule has 0 spiro atoms. The summed E-state index contributed by atoms with van der Waals surface area (Å²) in [6, 6.07) is 39.3. The fraction of sp³-hybridized carbons (Fsp3) is 0.532. The van der Waals surface area contributed by atoms with Crippen LogP contribution >= 0.6 is 0 Å². The van der Waals surface area contributed by atoms with Crippen molar-refractivity contribution < 1.29 is 52.3 Å². The van der Waals surface area contributed by atoms with Crippen LogP contribution in [-0.4, -0.2) is 80.8 Å². The van der Waals surface area contributed by atoms with E-state index in [0.717, 1.165) is 42.5 Å². The highest BCUT2D eigenvalue weighted by molar-refractivity contribution is 6.99. The van der Waals surface area contributed by atoms with Crippen molar-refractivity contribution in [3.05, 3.63) is 145 Å². The molecular formula is C62H76O11Si. The average molecular weight is 1030 g/mol. The lowest BCUT2D eigenvalue weighted by Gasteiger charge is -2.64. The lowest BCUT2D eigenvalue weighted by atomic mass is 9.41. The second-order valence-corrected chi connectivity index (χ2v) is 28.3. The summed E-state index contributed by atoms with van der Waals surface area (Å²) in [7, 11) is -3.11. The molecule has 394 valence electrons. The molecule has 0 amide bonds. The van der Waals surface area contributed by atoms with E-state index in [1.807, 2.05) is 55.5 Å². The van der Waals surface area contributed by atoms with Crippen LogP contribution < -0.4 is 10.4 Å². The van der Waals surface area contributed by atoms with E-state index < -0.39 is 60.3 Å². The molecule has 5 fully saturated rings. The fourth-order valence-corrected chi connectivity index (χ4v) is 19.7. The van der Waals surface area contributed by atoms with Crippen LogP contribution in [0, 0.1) is 34.5 Å². The second-order valence-electron chi connectivity index (χ2n) is 24.0. The Balaban J connectivity index is 1.01. The number of fused-ring (bicyclic) bond motifs is 3. The van der Waals surface area contributed by atoms with Gasteiger partial charge in [0, 0.05) is 19.3 Å². The Labute approximate surface area is 439 Å². The molecule has 6 aliphatic rings. The summed E-state index contributed by atoms with van der Waals surface area (Å²) in [5, 5.41) is 1.91. The van der Waals surface area contributed by atoms with Crippen molar-refractivity contribution in [2.75, 3.05) is 19.8 Å². The minimum Gasteiger partial charge on any atom is -0.463 e. The predicted molar refractivity (Wildman–Crippen MR) is 284 cm³/mol. The first-order valence-electron chi connectivity index (χ1n) is 27.2. The third-order valence-corrected chi connectivity index (χ3v) is 24.0. The van der Waals surface area contributed by atoms with E-state index in [4.69, 9.17) is 37.9 Å². The van der Waals surface area contributed by atoms with Gasteiger partial charge in [0.2, 0.25) is 0 Å². The van der Waals surface area contributed by atoms with Crippen molar-refractivity contribution in [1.82, 2.24) is 0 Å². The maximum absolute atomic E-state index is 14.5. The van der Waals surface area contributed by atoms with Crippen LogP contribution in [-0.2, 0) is 42.7 Å². The number of carbonyl (C=O) groups is 3. The van der Waals surface area contributed by atoms with Gasteiger partial charge in [0.15, 0.2) is 5.79 Å². The minimum absolute atomic E-state index is 0.0435. The van der Waals surface area contributed by atoms with Crippen molar-refractivity contribution in [3.8, 4) is 0 Å². The Bertz CT molecular complexity index is 2630. The number of hydrogen-bond donors (Lipinski definition) is 0. The lowest BCUT2D eigenvalue weighted by Crippen LogP contribution is -2.70. The molecule has 2 saturated heterocycles. The van der Waals surface area contributed by atoms with Gasteiger partial charge >= 0.3 is 17.9 Å². The van der Waals surface area contributed by atoms with Crippen LogP contribution in [0.4, 0.5) is 0 Å². The van der Waals surface area contributed by atoms with Crippen LogP contribution in [0.2, 0.25) is 5.04 Å². The molecule has 2 heterocycles. The molecule has 10 rings (SSSR count). The number of hydrogen-bond acceptors (Lipinski definition) is 11. The zero-order valence-corrected chi connectivity index (χ0v) is 45.6. The van der Waals surface area contributed by atoms with Crippen molar-refractivity contribution in [2.45, 2.75) is 153 Å². The van der Waals surface area contributed by atoms with Crippen molar-refractivity contribution >= 4 is 36.6 Å². The second kappa shape index (κ2) is 19.9. The van der Waals surface area contributed by atoms with Crippen molar-refractivity contribution in [1.29, 1.82) is 0 Å². The van der Waals surface area contributed by atoms with Gasteiger partial charge in [0.25, 0.3) is 8.32 Å². The van der Waals surface area contributed by atoms with Gasteiger partial charge in [0.1, 0.15) is 29.0 Å².